The predicted octanol–water partition coefficient (Wildman–Crippen LogP) is 2.04. The highest BCUT2D eigenvalue weighted by atomic mass is 32.1. The van der Waals surface area contributed by atoms with E-state index in [1.807, 2.05) is 0 Å². The first-order valence-electron chi connectivity index (χ1n) is 6.40. The molecule has 0 bridgehead atoms. The standard InChI is InChI=1S/C14H13N5O3S/c1-8-16-14(23-19-8)18-17-10(7-15)13(20)9-4-5-11(21-2)12(6-9)22-3/h4-6H,1-3H3,(H,16,18,19)/b17-10+. The lowest BCUT2D eigenvalue weighted by molar-refractivity contribution is 0.106. The summed E-state index contributed by atoms with van der Waals surface area (Å²) in [7, 11) is 2.96. The van der Waals surface area contributed by atoms with Gasteiger partial charge in [0.25, 0.3) is 0 Å². The molecule has 2 aromatic rings. The van der Waals surface area contributed by atoms with Crippen molar-refractivity contribution in [1.82, 2.24) is 9.36 Å². The molecule has 2 rings (SSSR count). The topological polar surface area (TPSA) is 109 Å². The number of aryl methyl sites for hydroxylation is 1. The number of ether oxygens (including phenoxy) is 2. The molecule has 0 aliphatic heterocycles. The van der Waals surface area contributed by atoms with Crippen molar-refractivity contribution in [1.29, 1.82) is 5.26 Å². The molecular formula is C14H13N5O3S. The number of carbonyl (C=O) groups excluding carboxylic acids is 1. The van der Waals surface area contributed by atoms with Crippen LogP contribution in [0.5, 0.6) is 11.5 Å². The maximum Gasteiger partial charge on any atom is 0.224 e. The zero-order chi connectivity index (χ0) is 16.8. The second-order valence-corrected chi connectivity index (χ2v) is 4.98. The minimum absolute atomic E-state index is 0.262. The molecule has 0 saturated heterocycles. The van der Waals surface area contributed by atoms with Gasteiger partial charge < -0.3 is 9.47 Å². The van der Waals surface area contributed by atoms with Gasteiger partial charge >= 0.3 is 0 Å². The van der Waals surface area contributed by atoms with E-state index in [1.54, 1.807) is 19.1 Å². The number of ketones is 1. The van der Waals surface area contributed by atoms with Crippen LogP contribution >= 0.6 is 11.5 Å². The molecule has 0 fully saturated rings. The van der Waals surface area contributed by atoms with Crippen molar-refractivity contribution in [3.63, 3.8) is 0 Å². The van der Waals surface area contributed by atoms with Gasteiger partial charge in [0.05, 0.1) is 14.2 Å². The number of aromatic nitrogens is 2. The molecule has 23 heavy (non-hydrogen) atoms. The molecule has 0 aliphatic rings. The lowest BCUT2D eigenvalue weighted by Gasteiger charge is -2.08. The number of benzene rings is 1. The summed E-state index contributed by atoms with van der Waals surface area (Å²) in [5.41, 5.74) is 2.51. The maximum absolute atomic E-state index is 12.3. The van der Waals surface area contributed by atoms with Crippen LogP contribution in [0.3, 0.4) is 0 Å². The van der Waals surface area contributed by atoms with Crippen molar-refractivity contribution in [2.24, 2.45) is 5.10 Å². The van der Waals surface area contributed by atoms with Crippen molar-refractivity contribution >= 4 is 28.2 Å². The number of carbonyl (C=O) groups is 1. The summed E-state index contributed by atoms with van der Waals surface area (Å²) in [6.45, 7) is 1.73. The van der Waals surface area contributed by atoms with E-state index in [1.165, 1.54) is 26.4 Å². The van der Waals surface area contributed by atoms with Gasteiger partial charge in [0, 0.05) is 17.1 Å². The van der Waals surface area contributed by atoms with Crippen LogP contribution in [0.2, 0.25) is 0 Å². The molecule has 1 heterocycles. The molecule has 8 nitrogen and oxygen atoms in total. The molecule has 9 heteroatoms. The Morgan fingerprint density at radius 1 is 1.35 bits per heavy atom. The van der Waals surface area contributed by atoms with Crippen LogP contribution in [0.25, 0.3) is 0 Å². The van der Waals surface area contributed by atoms with Crippen LogP contribution in [0.15, 0.2) is 23.3 Å². The van der Waals surface area contributed by atoms with Gasteiger partial charge in [-0.3, -0.25) is 4.79 Å². The third-order valence-corrected chi connectivity index (χ3v) is 3.47. The molecule has 1 N–H and O–H groups in total. The molecule has 0 amide bonds. The second-order valence-electron chi connectivity index (χ2n) is 4.23. The van der Waals surface area contributed by atoms with Crippen LogP contribution < -0.4 is 14.9 Å². The summed E-state index contributed by atoms with van der Waals surface area (Å²) in [4.78, 5) is 16.4. The van der Waals surface area contributed by atoms with Crippen LogP contribution in [-0.2, 0) is 0 Å². The number of hydrogen-bond acceptors (Lipinski definition) is 9. The number of hydrazone groups is 1. The van der Waals surface area contributed by atoms with E-state index in [9.17, 15) is 4.79 Å². The molecule has 0 unspecified atom stereocenters. The summed E-state index contributed by atoms with van der Waals surface area (Å²) in [6.07, 6.45) is 0. The fraction of sp³-hybridized carbons (Fsp3) is 0.214. The Kier molecular flexibility index (Phi) is 5.22. The van der Waals surface area contributed by atoms with Gasteiger partial charge in [-0.05, 0) is 25.1 Å². The Labute approximate surface area is 136 Å². The zero-order valence-electron chi connectivity index (χ0n) is 12.7. The van der Waals surface area contributed by atoms with Gasteiger partial charge in [0.1, 0.15) is 11.9 Å². The van der Waals surface area contributed by atoms with Gasteiger partial charge in [-0.2, -0.15) is 14.7 Å². The number of nitrogens with zero attached hydrogens (tertiary/aromatic N) is 4. The van der Waals surface area contributed by atoms with Crippen LogP contribution in [0, 0.1) is 18.3 Å². The molecule has 0 spiro atoms. The highest BCUT2D eigenvalue weighted by Crippen LogP contribution is 2.27. The normalized spacial score (nSPS) is 10.8. The summed E-state index contributed by atoms with van der Waals surface area (Å²) >= 11 is 1.08. The largest absolute Gasteiger partial charge is 0.493 e. The number of methoxy groups -OCH3 is 2. The highest BCUT2D eigenvalue weighted by Gasteiger charge is 2.17. The first-order chi connectivity index (χ1) is 11.1. The molecule has 1 aromatic heterocycles. The van der Waals surface area contributed by atoms with Gasteiger partial charge in [0.15, 0.2) is 11.5 Å². The van der Waals surface area contributed by atoms with Crippen molar-refractivity contribution in [3.8, 4) is 17.6 Å². The van der Waals surface area contributed by atoms with E-state index >= 15 is 0 Å². The maximum atomic E-state index is 12.3. The summed E-state index contributed by atoms with van der Waals surface area (Å²) in [6, 6.07) is 6.37. The second kappa shape index (κ2) is 7.33. The molecule has 0 atom stereocenters. The fourth-order valence-corrected chi connectivity index (χ4v) is 2.21. The Bertz CT molecular complexity index is 794. The van der Waals surface area contributed by atoms with Crippen LogP contribution in [-0.4, -0.2) is 35.1 Å². The smallest absolute Gasteiger partial charge is 0.224 e. The lowest BCUT2D eigenvalue weighted by Crippen LogP contribution is -2.14. The van der Waals surface area contributed by atoms with E-state index in [0.717, 1.165) is 11.5 Å². The van der Waals surface area contributed by atoms with Crippen molar-refractivity contribution in [2.45, 2.75) is 6.92 Å². The molecule has 1 aromatic carbocycles. The van der Waals surface area contributed by atoms with Gasteiger partial charge in [-0.25, -0.2) is 10.4 Å². The quantitative estimate of drug-likeness (QED) is 0.490. The Morgan fingerprint density at radius 2 is 2.09 bits per heavy atom. The molecule has 0 aliphatic carbocycles. The van der Waals surface area contributed by atoms with Gasteiger partial charge in [0.2, 0.25) is 16.6 Å². The molecule has 118 valence electrons. The number of anilines is 1. The fourth-order valence-electron chi connectivity index (χ4n) is 1.69. The number of hydrogen-bond donors (Lipinski definition) is 1. The number of nitrogens with one attached hydrogen (secondary N) is 1. The van der Waals surface area contributed by atoms with E-state index in [4.69, 9.17) is 14.7 Å². The van der Waals surface area contributed by atoms with Gasteiger partial charge in [-0.15, -0.1) is 0 Å². The highest BCUT2D eigenvalue weighted by molar-refractivity contribution is 7.09. The van der Waals surface area contributed by atoms with Crippen molar-refractivity contribution in [2.75, 3.05) is 19.6 Å². The zero-order valence-corrected chi connectivity index (χ0v) is 13.5. The van der Waals surface area contributed by atoms with Crippen molar-refractivity contribution in [3.05, 3.63) is 29.6 Å². The Morgan fingerprint density at radius 3 is 2.65 bits per heavy atom. The Hall–Kier alpha value is -2.99. The van der Waals surface area contributed by atoms with E-state index in [0.29, 0.717) is 22.5 Å². The van der Waals surface area contributed by atoms with E-state index < -0.39 is 5.78 Å². The summed E-state index contributed by atoms with van der Waals surface area (Å²) < 4.78 is 14.2. The Balaban J connectivity index is 2.24. The lowest BCUT2D eigenvalue weighted by atomic mass is 10.1. The first-order valence-corrected chi connectivity index (χ1v) is 7.17. The number of rotatable bonds is 6. The monoisotopic (exact) mass is 331 g/mol. The van der Waals surface area contributed by atoms with Crippen LogP contribution in [0.4, 0.5) is 5.13 Å². The molecule has 0 radical (unpaired) electrons. The summed E-state index contributed by atoms with van der Waals surface area (Å²) in [5, 5.41) is 13.3. The molecule has 0 saturated carbocycles. The van der Waals surface area contributed by atoms with E-state index in [2.05, 4.69) is 19.9 Å². The van der Waals surface area contributed by atoms with Crippen molar-refractivity contribution < 1.29 is 14.3 Å². The summed E-state index contributed by atoms with van der Waals surface area (Å²) in [5.74, 6) is 0.921. The third kappa shape index (κ3) is 3.81. The predicted molar refractivity (Wildman–Crippen MR) is 85.2 cm³/mol. The average molecular weight is 331 g/mol. The van der Waals surface area contributed by atoms with E-state index in [-0.39, 0.29) is 11.3 Å². The number of nitriles is 1. The van der Waals surface area contributed by atoms with Gasteiger partial charge in [-0.1, -0.05) is 0 Å². The molecular weight excluding hydrogens is 318 g/mol. The first kappa shape index (κ1) is 16.4. The average Bonchev–Trinajstić information content (AvgIpc) is 2.99. The third-order valence-electron chi connectivity index (χ3n) is 2.76. The van der Waals surface area contributed by atoms with Crippen LogP contribution in [0.1, 0.15) is 16.2 Å². The number of Topliss-reactive ketones (excluding diaryl/α,β-unsaturated/α-hetero) is 1. The minimum atomic E-state index is -0.540. The minimum Gasteiger partial charge on any atom is -0.493 e. The SMILES string of the molecule is COc1ccc(C(=O)/C(C#N)=N/Nc2nc(C)ns2)cc1OC.